The fraction of sp³-hybridized carbons (Fsp3) is 0.250. The highest BCUT2D eigenvalue weighted by Gasteiger charge is 2.11. The number of hydrogen-bond donors (Lipinski definition) is 0. The van der Waals surface area contributed by atoms with Crippen LogP contribution in [0.25, 0.3) is 12.2 Å². The van der Waals surface area contributed by atoms with E-state index in [9.17, 15) is 0 Å². The Morgan fingerprint density at radius 2 is 1.53 bits per heavy atom. The van der Waals surface area contributed by atoms with Gasteiger partial charge in [0.25, 0.3) is 0 Å². The molecule has 0 aliphatic heterocycles. The van der Waals surface area contributed by atoms with Crippen molar-refractivity contribution in [2.45, 2.75) is 26.4 Å². The minimum atomic E-state index is -0.164. The third-order valence-corrected chi connectivity index (χ3v) is 2.38. The topological polar surface area (TPSA) is 9.23 Å². The highest BCUT2D eigenvalue weighted by atomic mass is 16.5. The molecule has 0 fully saturated rings. The van der Waals surface area contributed by atoms with Crippen molar-refractivity contribution in [2.24, 2.45) is 0 Å². The second kappa shape index (κ2) is 4.62. The van der Waals surface area contributed by atoms with Gasteiger partial charge in [-0.3, -0.25) is 0 Å². The number of hydrogen-bond acceptors (Lipinski definition) is 1. The first-order chi connectivity index (χ1) is 8.04. The third-order valence-electron chi connectivity index (χ3n) is 2.38. The lowest BCUT2D eigenvalue weighted by molar-refractivity contribution is 0.0602. The van der Waals surface area contributed by atoms with E-state index >= 15 is 0 Å². The Hall–Kier alpha value is -1.76. The molecule has 0 spiro atoms. The first-order valence-electron chi connectivity index (χ1n) is 5.89. The number of fused-ring (bicyclic) bond motifs is 1. The average Bonchev–Trinajstić information content (AvgIpc) is 2.22. The van der Waals surface area contributed by atoms with Gasteiger partial charge in [-0.15, -0.1) is 0 Å². The predicted octanol–water partition coefficient (Wildman–Crippen LogP) is 2.52. The second-order valence-electron chi connectivity index (χ2n) is 5.10. The van der Waals surface area contributed by atoms with Crippen LogP contribution in [0.5, 0.6) is 0 Å². The van der Waals surface area contributed by atoms with Crippen LogP contribution in [0.3, 0.4) is 0 Å². The summed E-state index contributed by atoms with van der Waals surface area (Å²) in [7, 11) is 0. The molecular weight excluding hydrogens is 208 g/mol. The van der Waals surface area contributed by atoms with Crippen LogP contribution in [0.2, 0.25) is 0 Å². The first-order valence-corrected chi connectivity index (χ1v) is 5.89. The van der Waals surface area contributed by atoms with E-state index in [1.165, 1.54) is 10.4 Å². The van der Waals surface area contributed by atoms with Crippen LogP contribution in [0, 0.1) is 0 Å². The Morgan fingerprint density at radius 3 is 2.18 bits per heavy atom. The summed E-state index contributed by atoms with van der Waals surface area (Å²) in [6.45, 7) is 6.16. The quantitative estimate of drug-likeness (QED) is 0.715. The zero-order valence-corrected chi connectivity index (χ0v) is 10.6. The van der Waals surface area contributed by atoms with E-state index in [1.807, 2.05) is 24.3 Å². The standard InChI is InChI=1S/C16H18O/c1-16(2,3)17-15-10-6-9-13-7-4-5-8-14(13)11-12-15/h4-12H,1-3H3/b9-6?,10-6-,12-11?,13-9-,14-11-,15-10?,15-12+. The highest BCUT2D eigenvalue weighted by molar-refractivity contribution is 5.49. The van der Waals surface area contributed by atoms with Gasteiger partial charge in [0.15, 0.2) is 0 Å². The zero-order chi connectivity index (χ0) is 12.3. The van der Waals surface area contributed by atoms with E-state index in [4.69, 9.17) is 4.74 Å². The third kappa shape index (κ3) is 3.35. The molecule has 17 heavy (non-hydrogen) atoms. The van der Waals surface area contributed by atoms with Crippen LogP contribution in [0.1, 0.15) is 20.8 Å². The van der Waals surface area contributed by atoms with E-state index in [-0.39, 0.29) is 5.60 Å². The van der Waals surface area contributed by atoms with Crippen molar-refractivity contribution < 1.29 is 4.74 Å². The lowest BCUT2D eigenvalue weighted by Gasteiger charge is -2.21. The molecule has 88 valence electrons. The Bertz CT molecular complexity index is 568. The summed E-state index contributed by atoms with van der Waals surface area (Å²) in [5, 5.41) is 2.45. The van der Waals surface area contributed by atoms with Crippen molar-refractivity contribution in [3.63, 3.8) is 0 Å². The van der Waals surface area contributed by atoms with Crippen molar-refractivity contribution in [2.75, 3.05) is 0 Å². The summed E-state index contributed by atoms with van der Waals surface area (Å²) in [5.74, 6) is 0.892. The summed E-state index contributed by atoms with van der Waals surface area (Å²) in [4.78, 5) is 0. The maximum atomic E-state index is 5.85. The maximum Gasteiger partial charge on any atom is 0.120 e. The van der Waals surface area contributed by atoms with Crippen LogP contribution in [0.15, 0.2) is 48.3 Å². The normalized spacial score (nSPS) is 23.6. The largest absolute Gasteiger partial charge is 0.488 e. The monoisotopic (exact) mass is 226 g/mol. The molecule has 0 saturated heterocycles. The molecule has 1 heteroatoms. The Morgan fingerprint density at radius 1 is 0.882 bits per heavy atom. The van der Waals surface area contributed by atoms with Crippen LogP contribution in [-0.4, -0.2) is 5.60 Å². The van der Waals surface area contributed by atoms with E-state index in [0.29, 0.717) is 0 Å². The van der Waals surface area contributed by atoms with Gasteiger partial charge in [-0.1, -0.05) is 42.5 Å². The van der Waals surface area contributed by atoms with Gasteiger partial charge < -0.3 is 4.74 Å². The molecule has 1 aromatic carbocycles. The fourth-order valence-corrected chi connectivity index (χ4v) is 1.71. The number of allylic oxidation sites excluding steroid dienone is 3. The molecule has 0 unspecified atom stereocenters. The van der Waals surface area contributed by atoms with Gasteiger partial charge in [0.1, 0.15) is 11.4 Å². The molecule has 0 N–H and O–H groups in total. The molecule has 0 bridgehead atoms. The van der Waals surface area contributed by atoms with Crippen molar-refractivity contribution in [1.82, 2.24) is 0 Å². The van der Waals surface area contributed by atoms with Gasteiger partial charge in [0, 0.05) is 0 Å². The van der Waals surface area contributed by atoms with Gasteiger partial charge in [-0.25, -0.2) is 0 Å². The number of rotatable bonds is 1. The molecule has 0 atom stereocenters. The van der Waals surface area contributed by atoms with Crippen molar-refractivity contribution >= 4 is 12.2 Å². The molecule has 0 saturated carbocycles. The van der Waals surface area contributed by atoms with Gasteiger partial charge in [0.05, 0.1) is 0 Å². The maximum absolute atomic E-state index is 5.85. The summed E-state index contributed by atoms with van der Waals surface area (Å²) < 4.78 is 5.85. The van der Waals surface area contributed by atoms with Crippen LogP contribution in [0.4, 0.5) is 0 Å². The van der Waals surface area contributed by atoms with Gasteiger partial charge in [0.2, 0.25) is 0 Å². The summed E-state index contributed by atoms with van der Waals surface area (Å²) in [6, 6.07) is 8.32. The number of ether oxygens (including phenoxy) is 1. The molecule has 1 aromatic rings. The first kappa shape index (κ1) is 11.7. The SMILES string of the molecule is CC(C)(C)OC1=C/C=c2/cccc/c2=C/C=C\1. The van der Waals surface area contributed by atoms with Gasteiger partial charge in [-0.2, -0.15) is 0 Å². The number of benzene rings is 1. The molecule has 1 aliphatic rings. The molecular formula is C16H18O. The van der Waals surface area contributed by atoms with E-state index in [2.05, 4.69) is 51.1 Å². The fourth-order valence-electron chi connectivity index (χ4n) is 1.71. The van der Waals surface area contributed by atoms with Gasteiger partial charge >= 0.3 is 0 Å². The van der Waals surface area contributed by atoms with E-state index in [0.717, 1.165) is 5.76 Å². The van der Waals surface area contributed by atoms with Crippen molar-refractivity contribution in [3.8, 4) is 0 Å². The minimum Gasteiger partial charge on any atom is -0.488 e. The minimum absolute atomic E-state index is 0.164. The molecule has 0 aromatic heterocycles. The molecule has 1 aliphatic carbocycles. The highest BCUT2D eigenvalue weighted by Crippen LogP contribution is 2.14. The predicted molar refractivity (Wildman–Crippen MR) is 72.7 cm³/mol. The molecule has 0 radical (unpaired) electrons. The van der Waals surface area contributed by atoms with Crippen LogP contribution >= 0.6 is 0 Å². The Labute approximate surface area is 102 Å². The zero-order valence-electron chi connectivity index (χ0n) is 10.6. The van der Waals surface area contributed by atoms with Gasteiger partial charge in [-0.05, 0) is 43.4 Å². The molecule has 1 nitrogen and oxygen atoms in total. The lowest BCUT2D eigenvalue weighted by atomic mass is 10.1. The average molecular weight is 226 g/mol. The van der Waals surface area contributed by atoms with E-state index < -0.39 is 0 Å². The Kier molecular flexibility index (Phi) is 3.19. The van der Waals surface area contributed by atoms with E-state index in [1.54, 1.807) is 0 Å². The van der Waals surface area contributed by atoms with Crippen LogP contribution < -0.4 is 10.4 Å². The molecule has 2 rings (SSSR count). The summed E-state index contributed by atoms with van der Waals surface area (Å²) in [6.07, 6.45) is 10.2. The van der Waals surface area contributed by atoms with Crippen molar-refractivity contribution in [1.29, 1.82) is 0 Å². The smallest absolute Gasteiger partial charge is 0.120 e. The summed E-state index contributed by atoms with van der Waals surface area (Å²) in [5.41, 5.74) is -0.164. The van der Waals surface area contributed by atoms with Crippen molar-refractivity contribution in [3.05, 3.63) is 58.7 Å². The second-order valence-corrected chi connectivity index (χ2v) is 5.10. The lowest BCUT2D eigenvalue weighted by Crippen LogP contribution is -2.24. The summed E-state index contributed by atoms with van der Waals surface area (Å²) >= 11 is 0. The molecule has 0 heterocycles. The van der Waals surface area contributed by atoms with Crippen LogP contribution in [-0.2, 0) is 4.74 Å². The molecule has 0 amide bonds. The Balaban J connectivity index is 2.41.